The lowest BCUT2D eigenvalue weighted by Crippen LogP contribution is -2.46. The number of ether oxygens (including phenoxy) is 2. The Morgan fingerprint density at radius 3 is 2.58 bits per heavy atom. The van der Waals surface area contributed by atoms with Crippen LogP contribution in [0.2, 0.25) is 0 Å². The van der Waals surface area contributed by atoms with Crippen LogP contribution in [0.5, 0.6) is 5.75 Å². The number of nitrogens with one attached hydrogen (secondary N) is 1. The summed E-state index contributed by atoms with van der Waals surface area (Å²) in [4.78, 5) is 13.6. The lowest BCUT2D eigenvalue weighted by atomic mass is 10.1. The zero-order chi connectivity index (χ0) is 19.5. The number of alkyl halides is 3. The fourth-order valence-electron chi connectivity index (χ4n) is 2.59. The second kappa shape index (κ2) is 7.61. The molecule has 1 aliphatic rings. The topological polar surface area (TPSA) is 73.9 Å². The van der Waals surface area contributed by atoms with Crippen molar-refractivity contribution in [3.63, 3.8) is 0 Å². The molecule has 6 nitrogen and oxygen atoms in total. The molecule has 0 spiro atoms. The number of nitrogens with zero attached hydrogens (tertiary/aromatic N) is 1. The normalized spacial score (nSPS) is 18.4. The standard InChI is InChI=1S/C17H22F3N2O4/c1-16(2,3)26-15(23)22-8-4-5-12(10-22)25-14-9-11(17(18,19)20)6-7-13(14)21-24/h6-7,9,12,21H,4-5,8,10H2,1-3H3/q-1. The van der Waals surface area contributed by atoms with E-state index in [-0.39, 0.29) is 18.0 Å². The van der Waals surface area contributed by atoms with Crippen LogP contribution in [0, 0.1) is 5.21 Å². The van der Waals surface area contributed by atoms with Gasteiger partial charge in [-0.15, -0.1) is 0 Å². The molecular weight excluding hydrogens is 353 g/mol. The molecule has 1 saturated heterocycles. The quantitative estimate of drug-likeness (QED) is 0.793. The van der Waals surface area contributed by atoms with Crippen molar-refractivity contribution in [3.05, 3.63) is 29.0 Å². The highest BCUT2D eigenvalue weighted by atomic mass is 19.4. The van der Waals surface area contributed by atoms with Crippen molar-refractivity contribution in [1.82, 2.24) is 4.90 Å². The van der Waals surface area contributed by atoms with Crippen molar-refractivity contribution in [1.29, 1.82) is 0 Å². The highest BCUT2D eigenvalue weighted by molar-refractivity contribution is 5.68. The Hall–Kier alpha value is -2.16. The number of amides is 1. The minimum atomic E-state index is -4.55. The zero-order valence-corrected chi connectivity index (χ0v) is 14.9. The van der Waals surface area contributed by atoms with Crippen molar-refractivity contribution >= 4 is 11.8 Å². The summed E-state index contributed by atoms with van der Waals surface area (Å²) < 4.78 is 49.6. The maximum atomic E-state index is 12.9. The number of hydrogen-bond acceptors (Lipinski definition) is 5. The van der Waals surface area contributed by atoms with Gasteiger partial charge in [0.1, 0.15) is 17.5 Å². The van der Waals surface area contributed by atoms with E-state index in [0.717, 1.165) is 18.2 Å². The maximum Gasteiger partial charge on any atom is 0.416 e. The molecule has 1 atom stereocenters. The van der Waals surface area contributed by atoms with Crippen LogP contribution in [0.15, 0.2) is 18.2 Å². The third-order valence-electron chi connectivity index (χ3n) is 3.74. The van der Waals surface area contributed by atoms with Crippen molar-refractivity contribution in [2.24, 2.45) is 0 Å². The van der Waals surface area contributed by atoms with Crippen molar-refractivity contribution < 1.29 is 27.4 Å². The predicted octanol–water partition coefficient (Wildman–Crippen LogP) is 4.39. The number of halogens is 3. The highest BCUT2D eigenvalue weighted by Crippen LogP contribution is 2.36. The fourth-order valence-corrected chi connectivity index (χ4v) is 2.59. The molecule has 1 aromatic carbocycles. The van der Waals surface area contributed by atoms with Crippen LogP contribution in [0.3, 0.4) is 0 Å². The van der Waals surface area contributed by atoms with Crippen molar-refractivity contribution in [2.75, 3.05) is 18.6 Å². The van der Waals surface area contributed by atoms with Gasteiger partial charge in [0.2, 0.25) is 0 Å². The second-order valence-corrected chi connectivity index (χ2v) is 7.12. The Balaban J connectivity index is 2.11. The van der Waals surface area contributed by atoms with Crippen molar-refractivity contribution in [3.8, 4) is 5.75 Å². The van der Waals surface area contributed by atoms with Crippen LogP contribution in [-0.4, -0.2) is 35.8 Å². The summed E-state index contributed by atoms with van der Waals surface area (Å²) >= 11 is 0. The minimum absolute atomic E-state index is 0.0904. The second-order valence-electron chi connectivity index (χ2n) is 7.12. The van der Waals surface area contributed by atoms with E-state index in [0.29, 0.717) is 19.4 Å². The molecule has 0 aromatic heterocycles. The number of anilines is 1. The molecule has 1 N–H and O–H groups in total. The first kappa shape index (κ1) is 20.2. The Morgan fingerprint density at radius 2 is 2.00 bits per heavy atom. The van der Waals surface area contributed by atoms with E-state index in [1.165, 1.54) is 4.90 Å². The number of likely N-dealkylation sites (tertiary alicyclic amines) is 1. The van der Waals surface area contributed by atoms with Crippen LogP contribution >= 0.6 is 0 Å². The van der Waals surface area contributed by atoms with Crippen LogP contribution in [-0.2, 0) is 10.9 Å². The number of piperidine rings is 1. The van der Waals surface area contributed by atoms with Crippen molar-refractivity contribution in [2.45, 2.75) is 51.5 Å². The summed E-state index contributed by atoms with van der Waals surface area (Å²) in [5.74, 6) is -0.189. The Labute approximate surface area is 149 Å². The number of rotatable bonds is 3. The van der Waals surface area contributed by atoms with E-state index in [2.05, 4.69) is 0 Å². The van der Waals surface area contributed by atoms with Gasteiger partial charge in [-0.1, -0.05) is 0 Å². The predicted molar refractivity (Wildman–Crippen MR) is 89.9 cm³/mol. The molecule has 1 heterocycles. The first-order valence-electron chi connectivity index (χ1n) is 8.23. The highest BCUT2D eigenvalue weighted by Gasteiger charge is 2.32. The van der Waals surface area contributed by atoms with E-state index in [1.54, 1.807) is 26.3 Å². The SMILES string of the molecule is CC(C)(C)OC(=O)N1CCCC(Oc2cc(C(F)(F)F)ccc2N[O-])C1. The third-order valence-corrected chi connectivity index (χ3v) is 3.74. The van der Waals surface area contributed by atoms with Gasteiger partial charge in [0.25, 0.3) is 0 Å². The molecule has 0 saturated carbocycles. The first-order chi connectivity index (χ1) is 12.0. The van der Waals surface area contributed by atoms with Gasteiger partial charge in [-0.3, -0.25) is 0 Å². The van der Waals surface area contributed by atoms with E-state index >= 15 is 0 Å². The number of hydrogen-bond donors (Lipinski definition) is 1. The molecule has 0 radical (unpaired) electrons. The number of carbonyl (C=O) groups excluding carboxylic acids is 1. The first-order valence-corrected chi connectivity index (χ1v) is 8.23. The summed E-state index contributed by atoms with van der Waals surface area (Å²) in [5, 5.41) is 11.0. The Morgan fingerprint density at radius 1 is 1.31 bits per heavy atom. The third kappa shape index (κ3) is 5.42. The maximum absolute atomic E-state index is 12.9. The van der Waals surface area contributed by atoms with E-state index in [9.17, 15) is 23.2 Å². The summed E-state index contributed by atoms with van der Waals surface area (Å²) in [6.45, 7) is 5.89. The monoisotopic (exact) mass is 375 g/mol. The van der Waals surface area contributed by atoms with E-state index in [1.807, 2.05) is 0 Å². The van der Waals surface area contributed by atoms with Gasteiger partial charge < -0.3 is 25.1 Å². The molecule has 0 bridgehead atoms. The zero-order valence-electron chi connectivity index (χ0n) is 14.9. The summed E-state index contributed by atoms with van der Waals surface area (Å²) in [5.41, 5.74) is -0.0672. The van der Waals surface area contributed by atoms with E-state index in [4.69, 9.17) is 9.47 Å². The number of carbonyl (C=O) groups is 1. The van der Waals surface area contributed by atoms with E-state index < -0.39 is 29.5 Å². The largest absolute Gasteiger partial charge is 0.761 e. The smallest absolute Gasteiger partial charge is 0.416 e. The summed E-state index contributed by atoms with van der Waals surface area (Å²) in [7, 11) is 0. The molecule has 2 rings (SSSR count). The molecule has 0 aliphatic carbocycles. The lowest BCUT2D eigenvalue weighted by molar-refractivity contribution is -0.137. The number of benzene rings is 1. The van der Waals surface area contributed by atoms with Crippen LogP contribution in [0.4, 0.5) is 23.7 Å². The summed E-state index contributed by atoms with van der Waals surface area (Å²) in [6, 6.07) is 2.62. The Bertz CT molecular complexity index is 644. The van der Waals surface area contributed by atoms with Gasteiger partial charge >= 0.3 is 12.3 Å². The molecular formula is C17H22F3N2O4-. The molecule has 9 heteroatoms. The fraction of sp³-hybridized carbons (Fsp3) is 0.588. The average molecular weight is 375 g/mol. The van der Waals surface area contributed by atoms with Gasteiger partial charge in [0, 0.05) is 6.54 Å². The summed E-state index contributed by atoms with van der Waals surface area (Å²) in [6.07, 6.45) is -4.42. The molecule has 1 unspecified atom stereocenters. The van der Waals surface area contributed by atoms with Crippen LogP contribution < -0.4 is 10.2 Å². The average Bonchev–Trinajstić information content (AvgIpc) is 2.52. The molecule has 1 amide bonds. The molecule has 1 aliphatic heterocycles. The minimum Gasteiger partial charge on any atom is -0.761 e. The van der Waals surface area contributed by atoms with Crippen LogP contribution in [0.25, 0.3) is 0 Å². The van der Waals surface area contributed by atoms with Gasteiger partial charge in [-0.05, 0) is 51.8 Å². The molecule has 146 valence electrons. The molecule has 1 aromatic rings. The van der Waals surface area contributed by atoms with Gasteiger partial charge in [0.05, 0.1) is 17.8 Å². The molecule has 1 fully saturated rings. The van der Waals surface area contributed by atoms with Gasteiger partial charge in [-0.25, -0.2) is 4.79 Å². The lowest BCUT2D eigenvalue weighted by Gasteiger charge is -2.34. The van der Waals surface area contributed by atoms with Crippen LogP contribution in [0.1, 0.15) is 39.2 Å². The van der Waals surface area contributed by atoms with Gasteiger partial charge in [0.15, 0.2) is 0 Å². The van der Waals surface area contributed by atoms with Gasteiger partial charge in [-0.2, -0.15) is 13.2 Å². The Kier molecular flexibility index (Phi) is 5.90. The molecule has 26 heavy (non-hydrogen) atoms.